The average Bonchev–Trinajstić information content (AvgIpc) is 2.56. The van der Waals surface area contributed by atoms with Gasteiger partial charge in [0.15, 0.2) is 6.10 Å². The minimum atomic E-state index is -1.52. The number of carbonyl (C=O) groups is 1. The molecule has 2 N–H and O–H groups in total. The Kier molecular flexibility index (Phi) is 1.81. The lowest BCUT2D eigenvalue weighted by atomic mass is 10.1. The molecule has 2 heterocycles. The zero-order valence-electron chi connectivity index (χ0n) is 6.97. The van der Waals surface area contributed by atoms with Crippen LogP contribution in [-0.2, 0) is 19.0 Å². The summed E-state index contributed by atoms with van der Waals surface area (Å²) in [5.74, 6) is -2.35. The van der Waals surface area contributed by atoms with Crippen LogP contribution in [0.4, 0.5) is 0 Å². The van der Waals surface area contributed by atoms with Gasteiger partial charge in [-0.1, -0.05) is 0 Å². The Hall–Kier alpha value is -0.690. The summed E-state index contributed by atoms with van der Waals surface area (Å²) in [6.07, 6.45) is -3.36. The monoisotopic (exact) mass is 190 g/mol. The summed E-state index contributed by atoms with van der Waals surface area (Å²) in [6, 6.07) is 0. The van der Waals surface area contributed by atoms with Gasteiger partial charge < -0.3 is 24.4 Å². The molecule has 6 nitrogen and oxygen atoms in total. The number of rotatable bonds is 1. The molecule has 2 aliphatic heterocycles. The molecule has 74 valence electrons. The number of methoxy groups -OCH3 is 1. The van der Waals surface area contributed by atoms with E-state index in [0.29, 0.717) is 0 Å². The van der Waals surface area contributed by atoms with Crippen LogP contribution < -0.4 is 0 Å². The van der Waals surface area contributed by atoms with E-state index in [9.17, 15) is 15.0 Å². The van der Waals surface area contributed by atoms with Crippen LogP contribution in [0.1, 0.15) is 0 Å². The van der Waals surface area contributed by atoms with Crippen LogP contribution in [-0.4, -0.2) is 54.0 Å². The number of esters is 1. The quantitative estimate of drug-likeness (QED) is 0.465. The molecule has 2 fully saturated rings. The summed E-state index contributed by atoms with van der Waals surface area (Å²) in [5, 5.41) is 18.7. The summed E-state index contributed by atoms with van der Waals surface area (Å²) in [6.45, 7) is -0.0111. The second-order valence-corrected chi connectivity index (χ2v) is 3.06. The fraction of sp³-hybridized carbons (Fsp3) is 0.857. The molecule has 0 aromatic carbocycles. The highest BCUT2D eigenvalue weighted by molar-refractivity contribution is 5.79. The van der Waals surface area contributed by atoms with Crippen molar-refractivity contribution >= 4 is 5.97 Å². The van der Waals surface area contributed by atoms with E-state index in [2.05, 4.69) is 0 Å². The second kappa shape index (κ2) is 2.65. The van der Waals surface area contributed by atoms with Crippen molar-refractivity contribution in [3.63, 3.8) is 0 Å². The molecule has 0 amide bonds. The molecular formula is C7H10O6. The molecule has 0 aliphatic carbocycles. The van der Waals surface area contributed by atoms with Gasteiger partial charge in [0.1, 0.15) is 6.10 Å². The summed E-state index contributed by atoms with van der Waals surface area (Å²) >= 11 is 0. The summed E-state index contributed by atoms with van der Waals surface area (Å²) in [5.41, 5.74) is 0. The van der Waals surface area contributed by atoms with E-state index in [1.165, 1.54) is 7.11 Å². The lowest BCUT2D eigenvalue weighted by molar-refractivity contribution is -0.242. The molecule has 0 saturated carbocycles. The van der Waals surface area contributed by atoms with Crippen molar-refractivity contribution in [2.24, 2.45) is 0 Å². The second-order valence-electron chi connectivity index (χ2n) is 3.06. The van der Waals surface area contributed by atoms with Gasteiger partial charge in [-0.2, -0.15) is 0 Å². The number of aliphatic hydroxyl groups is 2. The number of ether oxygens (including phenoxy) is 3. The molecule has 4 atom stereocenters. The Bertz CT molecular complexity index is 241. The van der Waals surface area contributed by atoms with Crippen molar-refractivity contribution in [1.29, 1.82) is 0 Å². The molecule has 0 bridgehead atoms. The number of aliphatic hydroxyl groups excluding tert-OH is 2. The van der Waals surface area contributed by atoms with Crippen molar-refractivity contribution < 1.29 is 29.2 Å². The molecule has 2 saturated heterocycles. The fourth-order valence-electron chi connectivity index (χ4n) is 1.69. The number of fused-ring (bicyclic) bond motifs is 1. The minimum Gasteiger partial charge on any atom is -0.452 e. The number of hydrogen-bond acceptors (Lipinski definition) is 6. The van der Waals surface area contributed by atoms with E-state index in [4.69, 9.17) is 14.2 Å². The zero-order valence-corrected chi connectivity index (χ0v) is 6.97. The smallest absolute Gasteiger partial charge is 0.341 e. The van der Waals surface area contributed by atoms with Gasteiger partial charge in [0.05, 0.1) is 6.61 Å². The first-order chi connectivity index (χ1) is 6.12. The van der Waals surface area contributed by atoms with Gasteiger partial charge in [-0.15, -0.1) is 0 Å². The van der Waals surface area contributed by atoms with Gasteiger partial charge in [-0.25, -0.2) is 4.79 Å². The fourth-order valence-corrected chi connectivity index (χ4v) is 1.69. The molecule has 0 spiro atoms. The van der Waals surface area contributed by atoms with E-state index >= 15 is 0 Å². The Balaban J connectivity index is 2.33. The normalized spacial score (nSPS) is 49.2. The van der Waals surface area contributed by atoms with Crippen LogP contribution in [0.2, 0.25) is 0 Å². The zero-order chi connectivity index (χ0) is 9.64. The molecule has 0 radical (unpaired) electrons. The molecule has 0 aromatic heterocycles. The van der Waals surface area contributed by atoms with Crippen LogP contribution in [0.25, 0.3) is 0 Å². The third-order valence-electron chi connectivity index (χ3n) is 2.39. The van der Waals surface area contributed by atoms with Gasteiger partial charge in [0.2, 0.25) is 11.9 Å². The lowest BCUT2D eigenvalue weighted by Crippen LogP contribution is -2.49. The molecule has 0 aromatic rings. The third kappa shape index (κ3) is 0.939. The van der Waals surface area contributed by atoms with Crippen LogP contribution in [0, 0.1) is 0 Å². The summed E-state index contributed by atoms with van der Waals surface area (Å²) in [7, 11) is 1.29. The molecule has 2 aliphatic rings. The first-order valence-electron chi connectivity index (χ1n) is 3.87. The van der Waals surface area contributed by atoms with Crippen LogP contribution in [0.3, 0.4) is 0 Å². The van der Waals surface area contributed by atoms with E-state index in [1.54, 1.807) is 0 Å². The maximum atomic E-state index is 11.0. The average molecular weight is 190 g/mol. The van der Waals surface area contributed by atoms with E-state index in [0.717, 1.165) is 0 Å². The molecule has 13 heavy (non-hydrogen) atoms. The lowest BCUT2D eigenvalue weighted by Gasteiger charge is -2.25. The van der Waals surface area contributed by atoms with Gasteiger partial charge >= 0.3 is 5.97 Å². The standard InChI is InChI=1S/C7H10O6/c1-11-7-4(9)6(10)13-5(7)3(8)2-12-7/h3-5,8-9H,2H2,1H3. The molecular weight excluding hydrogens is 180 g/mol. The van der Waals surface area contributed by atoms with Crippen molar-refractivity contribution in [1.82, 2.24) is 0 Å². The van der Waals surface area contributed by atoms with Gasteiger partial charge in [0.25, 0.3) is 0 Å². The topological polar surface area (TPSA) is 85.2 Å². The van der Waals surface area contributed by atoms with Crippen molar-refractivity contribution in [3.8, 4) is 0 Å². The molecule has 4 unspecified atom stereocenters. The minimum absolute atomic E-state index is 0.0111. The largest absolute Gasteiger partial charge is 0.452 e. The molecule has 6 heteroatoms. The Morgan fingerprint density at radius 3 is 2.85 bits per heavy atom. The van der Waals surface area contributed by atoms with Gasteiger partial charge in [-0.05, 0) is 0 Å². The van der Waals surface area contributed by atoms with Gasteiger partial charge in [0, 0.05) is 7.11 Å². The van der Waals surface area contributed by atoms with E-state index in [1.807, 2.05) is 0 Å². The predicted octanol–water partition coefficient (Wildman–Crippen LogP) is -1.99. The van der Waals surface area contributed by atoms with Crippen molar-refractivity contribution in [3.05, 3.63) is 0 Å². The predicted molar refractivity (Wildman–Crippen MR) is 37.6 cm³/mol. The van der Waals surface area contributed by atoms with Gasteiger partial charge in [-0.3, -0.25) is 0 Å². The van der Waals surface area contributed by atoms with Crippen LogP contribution in [0.5, 0.6) is 0 Å². The Morgan fingerprint density at radius 2 is 2.31 bits per heavy atom. The molecule has 2 rings (SSSR count). The van der Waals surface area contributed by atoms with Crippen LogP contribution >= 0.6 is 0 Å². The first-order valence-corrected chi connectivity index (χ1v) is 3.87. The highest BCUT2D eigenvalue weighted by Crippen LogP contribution is 2.38. The van der Waals surface area contributed by atoms with Crippen molar-refractivity contribution in [2.45, 2.75) is 24.1 Å². The first kappa shape index (κ1) is 8.89. The maximum absolute atomic E-state index is 11.0. The Morgan fingerprint density at radius 1 is 1.62 bits per heavy atom. The summed E-state index contributed by atoms with van der Waals surface area (Å²) < 4.78 is 14.7. The SMILES string of the molecule is COC12OCC(O)C1OC(=O)C2O. The van der Waals surface area contributed by atoms with E-state index in [-0.39, 0.29) is 6.61 Å². The maximum Gasteiger partial charge on any atom is 0.341 e. The number of carbonyl (C=O) groups excluding carboxylic acids is 1. The van der Waals surface area contributed by atoms with Crippen LogP contribution in [0.15, 0.2) is 0 Å². The summed E-state index contributed by atoms with van der Waals surface area (Å²) in [4.78, 5) is 11.0. The highest BCUT2D eigenvalue weighted by atomic mass is 16.8. The van der Waals surface area contributed by atoms with E-state index < -0.39 is 30.1 Å². The third-order valence-corrected chi connectivity index (χ3v) is 2.39. The Labute approximate surface area is 74.0 Å². The number of hydrogen-bond donors (Lipinski definition) is 2. The highest BCUT2D eigenvalue weighted by Gasteiger charge is 2.65. The van der Waals surface area contributed by atoms with Crippen molar-refractivity contribution in [2.75, 3.05) is 13.7 Å².